The zero-order chi connectivity index (χ0) is 12.2. The Morgan fingerprint density at radius 2 is 1.39 bits per heavy atom. The molecule has 0 aromatic rings. The molecule has 0 amide bonds. The molecule has 4 bridgehead atoms. The highest BCUT2D eigenvalue weighted by molar-refractivity contribution is 5.06. The molecule has 0 spiro atoms. The molecule has 5 aliphatic rings. The van der Waals surface area contributed by atoms with E-state index in [1.165, 1.54) is 51.4 Å². The Morgan fingerprint density at radius 3 is 1.89 bits per heavy atom. The zero-order valence-electron chi connectivity index (χ0n) is 11.4. The van der Waals surface area contributed by atoms with Crippen molar-refractivity contribution in [3.05, 3.63) is 0 Å². The fourth-order valence-corrected chi connectivity index (χ4v) is 6.16. The molecular weight excluding hydrogens is 222 g/mol. The second-order valence-electron chi connectivity index (χ2n) is 7.76. The molecule has 2 nitrogen and oxygen atoms in total. The average Bonchev–Trinajstić information content (AvgIpc) is 2.37. The third-order valence-corrected chi connectivity index (χ3v) is 6.57. The second-order valence-corrected chi connectivity index (χ2v) is 7.76. The summed E-state index contributed by atoms with van der Waals surface area (Å²) in [6.45, 7) is 1.90. The standard InChI is InChI=1S/C16H27NO/c17-15(14-1-3-18-4-2-14)16-8-11-5-12(9-16)7-13(6-11)10-16/h11-15H,1-10,17H2. The van der Waals surface area contributed by atoms with Crippen LogP contribution in [0.1, 0.15) is 51.4 Å². The van der Waals surface area contributed by atoms with Crippen LogP contribution in [0.15, 0.2) is 0 Å². The molecule has 4 saturated carbocycles. The van der Waals surface area contributed by atoms with Crippen LogP contribution in [-0.2, 0) is 4.74 Å². The Hall–Kier alpha value is -0.0800. The number of rotatable bonds is 2. The van der Waals surface area contributed by atoms with Gasteiger partial charge in [0.1, 0.15) is 0 Å². The Balaban J connectivity index is 1.55. The molecule has 2 heteroatoms. The van der Waals surface area contributed by atoms with Crippen molar-refractivity contribution in [2.75, 3.05) is 13.2 Å². The smallest absolute Gasteiger partial charge is 0.0469 e. The molecule has 18 heavy (non-hydrogen) atoms. The monoisotopic (exact) mass is 249 g/mol. The van der Waals surface area contributed by atoms with E-state index in [0.717, 1.165) is 36.9 Å². The van der Waals surface area contributed by atoms with Crippen LogP contribution in [0.5, 0.6) is 0 Å². The van der Waals surface area contributed by atoms with Gasteiger partial charge in [0, 0.05) is 19.3 Å². The first-order valence-electron chi connectivity index (χ1n) is 8.08. The second kappa shape index (κ2) is 4.21. The first-order valence-corrected chi connectivity index (χ1v) is 8.08. The van der Waals surface area contributed by atoms with Crippen molar-refractivity contribution in [1.29, 1.82) is 0 Å². The van der Waals surface area contributed by atoms with Gasteiger partial charge in [0.05, 0.1) is 0 Å². The van der Waals surface area contributed by atoms with Gasteiger partial charge in [-0.3, -0.25) is 0 Å². The van der Waals surface area contributed by atoms with Gasteiger partial charge in [-0.05, 0) is 80.5 Å². The molecule has 1 saturated heterocycles. The summed E-state index contributed by atoms with van der Waals surface area (Å²) in [5.41, 5.74) is 7.33. The molecule has 0 aromatic heterocycles. The van der Waals surface area contributed by atoms with Crippen LogP contribution in [0.2, 0.25) is 0 Å². The van der Waals surface area contributed by atoms with Crippen LogP contribution < -0.4 is 5.73 Å². The third kappa shape index (κ3) is 1.76. The van der Waals surface area contributed by atoms with E-state index >= 15 is 0 Å². The lowest BCUT2D eigenvalue weighted by atomic mass is 9.46. The van der Waals surface area contributed by atoms with Gasteiger partial charge in [0.15, 0.2) is 0 Å². The molecular formula is C16H27NO. The van der Waals surface area contributed by atoms with E-state index < -0.39 is 0 Å². The van der Waals surface area contributed by atoms with E-state index in [0.29, 0.717) is 11.5 Å². The minimum atomic E-state index is 0.467. The summed E-state index contributed by atoms with van der Waals surface area (Å²) in [5, 5.41) is 0. The summed E-state index contributed by atoms with van der Waals surface area (Å²) < 4.78 is 5.51. The summed E-state index contributed by atoms with van der Waals surface area (Å²) in [4.78, 5) is 0. The maximum absolute atomic E-state index is 6.79. The van der Waals surface area contributed by atoms with Crippen molar-refractivity contribution in [3.63, 3.8) is 0 Å². The van der Waals surface area contributed by atoms with E-state index in [1.54, 1.807) is 0 Å². The summed E-state index contributed by atoms with van der Waals surface area (Å²) in [7, 11) is 0. The summed E-state index contributed by atoms with van der Waals surface area (Å²) in [5.74, 6) is 3.83. The highest BCUT2D eigenvalue weighted by Crippen LogP contribution is 2.62. The van der Waals surface area contributed by atoms with E-state index in [4.69, 9.17) is 10.5 Å². The van der Waals surface area contributed by atoms with Crippen molar-refractivity contribution in [2.45, 2.75) is 57.4 Å². The number of hydrogen-bond acceptors (Lipinski definition) is 2. The first kappa shape index (κ1) is 11.7. The number of hydrogen-bond donors (Lipinski definition) is 1. The fourth-order valence-electron chi connectivity index (χ4n) is 6.16. The molecule has 5 fully saturated rings. The van der Waals surface area contributed by atoms with Crippen LogP contribution in [0.3, 0.4) is 0 Å². The summed E-state index contributed by atoms with van der Waals surface area (Å²) >= 11 is 0. The van der Waals surface area contributed by atoms with Gasteiger partial charge < -0.3 is 10.5 Å². The van der Waals surface area contributed by atoms with Crippen molar-refractivity contribution in [3.8, 4) is 0 Å². The van der Waals surface area contributed by atoms with Crippen molar-refractivity contribution >= 4 is 0 Å². The van der Waals surface area contributed by atoms with Crippen LogP contribution >= 0.6 is 0 Å². The van der Waals surface area contributed by atoms with E-state index in [2.05, 4.69) is 0 Å². The molecule has 0 radical (unpaired) electrons. The SMILES string of the molecule is NC(C1CCOCC1)C12CC3CC(CC(C3)C1)C2. The van der Waals surface area contributed by atoms with E-state index in [-0.39, 0.29) is 0 Å². The molecule has 1 unspecified atom stereocenters. The van der Waals surface area contributed by atoms with Crippen LogP contribution in [0.4, 0.5) is 0 Å². The largest absolute Gasteiger partial charge is 0.381 e. The van der Waals surface area contributed by atoms with Crippen molar-refractivity contribution in [1.82, 2.24) is 0 Å². The van der Waals surface area contributed by atoms with Crippen LogP contribution in [0, 0.1) is 29.1 Å². The van der Waals surface area contributed by atoms with Gasteiger partial charge in [0.25, 0.3) is 0 Å². The predicted octanol–water partition coefficient (Wildman–Crippen LogP) is 2.96. The Kier molecular flexibility index (Phi) is 2.74. The van der Waals surface area contributed by atoms with Gasteiger partial charge in [0.2, 0.25) is 0 Å². The highest BCUT2D eigenvalue weighted by atomic mass is 16.5. The van der Waals surface area contributed by atoms with E-state index in [9.17, 15) is 0 Å². The summed E-state index contributed by atoms with van der Waals surface area (Å²) in [6.07, 6.45) is 11.4. The normalized spacial score (nSPS) is 49.5. The lowest BCUT2D eigenvalue weighted by molar-refractivity contribution is -0.0858. The van der Waals surface area contributed by atoms with Gasteiger partial charge >= 0.3 is 0 Å². The molecule has 2 N–H and O–H groups in total. The number of ether oxygens (including phenoxy) is 1. The Morgan fingerprint density at radius 1 is 0.889 bits per heavy atom. The maximum atomic E-state index is 6.79. The third-order valence-electron chi connectivity index (χ3n) is 6.57. The maximum Gasteiger partial charge on any atom is 0.0469 e. The first-order chi connectivity index (χ1) is 8.75. The zero-order valence-corrected chi connectivity index (χ0v) is 11.4. The molecule has 4 aliphatic carbocycles. The van der Waals surface area contributed by atoms with Gasteiger partial charge in [-0.15, -0.1) is 0 Å². The van der Waals surface area contributed by atoms with Gasteiger partial charge in [-0.25, -0.2) is 0 Å². The van der Waals surface area contributed by atoms with Crippen LogP contribution in [0.25, 0.3) is 0 Å². The van der Waals surface area contributed by atoms with Gasteiger partial charge in [-0.2, -0.15) is 0 Å². The topological polar surface area (TPSA) is 35.2 Å². The molecule has 1 heterocycles. The Bertz CT molecular complexity index is 286. The molecule has 102 valence electrons. The van der Waals surface area contributed by atoms with Crippen LogP contribution in [-0.4, -0.2) is 19.3 Å². The minimum absolute atomic E-state index is 0.467. The molecule has 0 aromatic carbocycles. The van der Waals surface area contributed by atoms with Crippen molar-refractivity contribution in [2.24, 2.45) is 34.8 Å². The molecule has 1 aliphatic heterocycles. The number of nitrogens with two attached hydrogens (primary N) is 1. The average molecular weight is 249 g/mol. The lowest BCUT2D eigenvalue weighted by Gasteiger charge is -2.60. The fraction of sp³-hybridized carbons (Fsp3) is 1.00. The highest BCUT2D eigenvalue weighted by Gasteiger charge is 2.54. The predicted molar refractivity (Wildman–Crippen MR) is 72.1 cm³/mol. The summed E-state index contributed by atoms with van der Waals surface area (Å²) in [6, 6.07) is 0.467. The molecule has 1 atom stereocenters. The minimum Gasteiger partial charge on any atom is -0.381 e. The quantitative estimate of drug-likeness (QED) is 0.816. The Labute approximate surface area is 111 Å². The molecule has 5 rings (SSSR count). The lowest BCUT2D eigenvalue weighted by Crippen LogP contribution is -2.57. The van der Waals surface area contributed by atoms with E-state index in [1.807, 2.05) is 0 Å². The van der Waals surface area contributed by atoms with Crippen molar-refractivity contribution < 1.29 is 4.74 Å². The van der Waals surface area contributed by atoms with Gasteiger partial charge in [-0.1, -0.05) is 0 Å².